The largest absolute Gasteiger partial charge is 0.377 e. The smallest absolute Gasteiger partial charge is 0.256 e. The second-order valence-corrected chi connectivity index (χ2v) is 7.71. The first-order valence-electron chi connectivity index (χ1n) is 9.28. The molecular weight excluding hydrogens is 375 g/mol. The lowest BCUT2D eigenvalue weighted by molar-refractivity contribution is 0.102. The minimum absolute atomic E-state index is 0.162. The lowest BCUT2D eigenvalue weighted by Gasteiger charge is -2.13. The Bertz CT molecular complexity index is 953. The molecule has 1 aliphatic heterocycles. The molecule has 1 saturated heterocycles. The molecule has 2 heterocycles. The zero-order valence-electron chi connectivity index (χ0n) is 15.3. The first kappa shape index (κ1) is 18.8. The van der Waals surface area contributed by atoms with Gasteiger partial charge in [-0.25, -0.2) is 4.39 Å². The van der Waals surface area contributed by atoms with Gasteiger partial charge >= 0.3 is 0 Å². The van der Waals surface area contributed by atoms with E-state index < -0.39 is 5.82 Å². The molecule has 1 fully saturated rings. The van der Waals surface area contributed by atoms with Gasteiger partial charge in [0.15, 0.2) is 0 Å². The van der Waals surface area contributed by atoms with Crippen LogP contribution in [0.4, 0.5) is 10.1 Å². The van der Waals surface area contributed by atoms with E-state index in [2.05, 4.69) is 5.32 Å². The summed E-state index contributed by atoms with van der Waals surface area (Å²) in [5.74, 6) is 0.0228. The number of halogens is 1. The quantitative estimate of drug-likeness (QED) is 0.587. The highest BCUT2D eigenvalue weighted by Crippen LogP contribution is 2.28. The number of ether oxygens (including phenoxy) is 1. The van der Waals surface area contributed by atoms with Crippen molar-refractivity contribution < 1.29 is 13.9 Å². The summed E-state index contributed by atoms with van der Waals surface area (Å²) in [5.41, 5.74) is 1.48. The van der Waals surface area contributed by atoms with Gasteiger partial charge in [-0.1, -0.05) is 12.1 Å². The third kappa shape index (κ3) is 4.29. The third-order valence-corrected chi connectivity index (χ3v) is 5.89. The first-order valence-corrected chi connectivity index (χ1v) is 10.3. The summed E-state index contributed by atoms with van der Waals surface area (Å²) in [6.45, 7) is 0.810. The van der Waals surface area contributed by atoms with Crippen LogP contribution in [-0.2, 0) is 4.74 Å². The van der Waals surface area contributed by atoms with Gasteiger partial charge in [-0.2, -0.15) is 0 Å². The van der Waals surface area contributed by atoms with Gasteiger partial charge in [-0.05, 0) is 55.3 Å². The Hall–Kier alpha value is -2.57. The molecule has 0 spiro atoms. The van der Waals surface area contributed by atoms with Gasteiger partial charge in [0.05, 0.1) is 17.4 Å². The number of carbonyl (C=O) groups is 1. The summed E-state index contributed by atoms with van der Waals surface area (Å²) in [4.78, 5) is 13.7. The number of hydrogen-bond donors (Lipinski definition) is 1. The van der Waals surface area contributed by atoms with E-state index in [-0.39, 0.29) is 17.7 Å². The number of carbonyl (C=O) groups excluding carboxylic acids is 1. The number of rotatable bonds is 6. The Morgan fingerprint density at radius 2 is 2.00 bits per heavy atom. The molecule has 0 radical (unpaired) electrons. The van der Waals surface area contributed by atoms with Crippen LogP contribution in [0.1, 0.15) is 23.2 Å². The topological polar surface area (TPSA) is 43.3 Å². The van der Waals surface area contributed by atoms with Crippen LogP contribution in [0.2, 0.25) is 0 Å². The number of nitrogens with one attached hydrogen (secondary N) is 1. The van der Waals surface area contributed by atoms with Crippen molar-refractivity contribution in [2.75, 3.05) is 17.7 Å². The predicted molar refractivity (Wildman–Crippen MR) is 110 cm³/mol. The van der Waals surface area contributed by atoms with Crippen molar-refractivity contribution in [3.63, 3.8) is 0 Å². The van der Waals surface area contributed by atoms with Crippen LogP contribution in [0.3, 0.4) is 0 Å². The Labute approximate surface area is 167 Å². The molecule has 28 heavy (non-hydrogen) atoms. The van der Waals surface area contributed by atoms with Crippen LogP contribution in [-0.4, -0.2) is 28.9 Å². The molecule has 1 amide bonds. The third-order valence-electron chi connectivity index (χ3n) is 4.68. The van der Waals surface area contributed by atoms with Gasteiger partial charge in [-0.15, -0.1) is 11.8 Å². The molecule has 1 atom stereocenters. The van der Waals surface area contributed by atoms with Crippen LogP contribution in [0, 0.1) is 5.82 Å². The molecular formula is C22H21FN2O2S. The van der Waals surface area contributed by atoms with Crippen molar-refractivity contribution in [3.8, 4) is 5.69 Å². The fraction of sp³-hybridized carbons (Fsp3) is 0.227. The van der Waals surface area contributed by atoms with Gasteiger partial charge in [0, 0.05) is 35.3 Å². The molecule has 2 aromatic carbocycles. The van der Waals surface area contributed by atoms with E-state index in [1.54, 1.807) is 30.0 Å². The summed E-state index contributed by atoms with van der Waals surface area (Å²) < 4.78 is 21.8. The molecule has 0 saturated carbocycles. The maximum atomic E-state index is 14.3. The van der Waals surface area contributed by atoms with Gasteiger partial charge in [-0.3, -0.25) is 4.79 Å². The molecule has 0 aliphatic carbocycles. The van der Waals surface area contributed by atoms with Crippen LogP contribution in [0.5, 0.6) is 0 Å². The van der Waals surface area contributed by atoms with Crippen molar-refractivity contribution in [1.82, 2.24) is 4.57 Å². The van der Waals surface area contributed by atoms with E-state index >= 15 is 0 Å². The molecule has 6 heteroatoms. The Morgan fingerprint density at radius 3 is 2.79 bits per heavy atom. The van der Waals surface area contributed by atoms with Gasteiger partial charge in [0.2, 0.25) is 0 Å². The number of aromatic nitrogens is 1. The van der Waals surface area contributed by atoms with Crippen molar-refractivity contribution in [2.45, 2.75) is 23.8 Å². The monoisotopic (exact) mass is 396 g/mol. The van der Waals surface area contributed by atoms with Crippen molar-refractivity contribution in [1.29, 1.82) is 0 Å². The molecule has 1 N–H and O–H groups in total. The SMILES string of the molecule is O=C(Nc1cc(-n2cccc2)ccc1F)c1ccccc1SCC1CCCO1. The molecule has 3 aromatic rings. The minimum Gasteiger partial charge on any atom is -0.377 e. The summed E-state index contributed by atoms with van der Waals surface area (Å²) in [6, 6.07) is 15.9. The summed E-state index contributed by atoms with van der Waals surface area (Å²) >= 11 is 1.60. The standard InChI is InChI=1S/C22H21FN2O2S/c23-19-10-9-16(25-11-3-4-12-25)14-20(19)24-22(26)18-7-1-2-8-21(18)28-15-17-6-5-13-27-17/h1-4,7-12,14,17H,5-6,13,15H2,(H,24,26). The highest BCUT2D eigenvalue weighted by molar-refractivity contribution is 7.99. The fourth-order valence-corrected chi connectivity index (χ4v) is 4.32. The van der Waals surface area contributed by atoms with Crippen LogP contribution in [0.25, 0.3) is 5.69 Å². The molecule has 1 aliphatic rings. The minimum atomic E-state index is -0.464. The summed E-state index contributed by atoms with van der Waals surface area (Å²) in [6.07, 6.45) is 6.12. The van der Waals surface area contributed by atoms with E-state index in [1.165, 1.54) is 6.07 Å². The fourth-order valence-electron chi connectivity index (χ4n) is 3.20. The van der Waals surface area contributed by atoms with Crippen molar-refractivity contribution in [3.05, 3.63) is 78.4 Å². The van der Waals surface area contributed by atoms with E-state index in [9.17, 15) is 9.18 Å². The summed E-state index contributed by atoms with van der Waals surface area (Å²) in [7, 11) is 0. The zero-order chi connectivity index (χ0) is 19.3. The molecule has 1 aromatic heterocycles. The first-order chi connectivity index (χ1) is 13.7. The number of hydrogen-bond acceptors (Lipinski definition) is 3. The molecule has 0 bridgehead atoms. The zero-order valence-corrected chi connectivity index (χ0v) is 16.1. The second kappa shape index (κ2) is 8.63. The predicted octanol–water partition coefficient (Wildman–Crippen LogP) is 5.14. The number of thioether (sulfide) groups is 1. The number of nitrogens with zero attached hydrogens (tertiary/aromatic N) is 1. The number of amides is 1. The Kier molecular flexibility index (Phi) is 5.78. The molecule has 144 valence electrons. The maximum Gasteiger partial charge on any atom is 0.256 e. The lowest BCUT2D eigenvalue weighted by atomic mass is 10.2. The molecule has 4 nitrogen and oxygen atoms in total. The van der Waals surface area contributed by atoms with Gasteiger partial charge in [0.1, 0.15) is 5.82 Å². The van der Waals surface area contributed by atoms with E-state index in [0.29, 0.717) is 5.56 Å². The highest BCUT2D eigenvalue weighted by atomic mass is 32.2. The van der Waals surface area contributed by atoms with E-state index in [4.69, 9.17) is 4.74 Å². The molecule has 1 unspecified atom stereocenters. The van der Waals surface area contributed by atoms with Crippen molar-refractivity contribution in [2.24, 2.45) is 0 Å². The average molecular weight is 396 g/mol. The van der Waals surface area contributed by atoms with Crippen LogP contribution >= 0.6 is 11.8 Å². The highest BCUT2D eigenvalue weighted by Gasteiger charge is 2.18. The van der Waals surface area contributed by atoms with Crippen LogP contribution in [0.15, 0.2) is 71.9 Å². The summed E-state index contributed by atoms with van der Waals surface area (Å²) in [5, 5.41) is 2.73. The Morgan fingerprint density at radius 1 is 1.18 bits per heavy atom. The van der Waals surface area contributed by atoms with Gasteiger partial charge < -0.3 is 14.6 Å². The van der Waals surface area contributed by atoms with Crippen LogP contribution < -0.4 is 5.32 Å². The lowest BCUT2D eigenvalue weighted by Crippen LogP contribution is -2.15. The van der Waals surface area contributed by atoms with E-state index in [0.717, 1.165) is 35.8 Å². The average Bonchev–Trinajstić information content (AvgIpc) is 3.42. The second-order valence-electron chi connectivity index (χ2n) is 6.65. The Balaban J connectivity index is 1.51. The van der Waals surface area contributed by atoms with E-state index in [1.807, 2.05) is 47.3 Å². The normalized spacial score (nSPS) is 16.2. The number of anilines is 1. The maximum absolute atomic E-state index is 14.3. The molecule has 4 rings (SSSR count). The van der Waals surface area contributed by atoms with Gasteiger partial charge in [0.25, 0.3) is 5.91 Å². The number of benzene rings is 2. The van der Waals surface area contributed by atoms with Crippen molar-refractivity contribution >= 4 is 23.4 Å².